The summed E-state index contributed by atoms with van der Waals surface area (Å²) in [6, 6.07) is 15.8. The van der Waals surface area contributed by atoms with Crippen molar-refractivity contribution in [1.29, 1.82) is 0 Å². The minimum atomic E-state index is -3.30. The number of carbonyl (C=O) groups excluding carboxylic acids is 1. The van der Waals surface area contributed by atoms with E-state index in [1.54, 1.807) is 9.21 Å². The number of hydrogen-bond acceptors (Lipinski definition) is 5. The van der Waals surface area contributed by atoms with Gasteiger partial charge in [-0.15, -0.1) is 0 Å². The summed E-state index contributed by atoms with van der Waals surface area (Å²) in [5.74, 6) is 0.253. The van der Waals surface area contributed by atoms with E-state index in [1.165, 1.54) is 16.9 Å². The zero-order valence-electron chi connectivity index (χ0n) is 18.5. The number of nitrogens with zero attached hydrogens (tertiary/aromatic N) is 3. The second-order valence-corrected chi connectivity index (χ2v) is 11.6. The van der Waals surface area contributed by atoms with Gasteiger partial charge in [0.2, 0.25) is 15.9 Å². The molecule has 0 saturated carbocycles. The van der Waals surface area contributed by atoms with Crippen LogP contribution in [-0.2, 0) is 14.8 Å². The van der Waals surface area contributed by atoms with Gasteiger partial charge in [-0.2, -0.15) is 0 Å². The third-order valence-electron chi connectivity index (χ3n) is 5.79. The maximum absolute atomic E-state index is 13.3. The van der Waals surface area contributed by atoms with Gasteiger partial charge in [-0.3, -0.25) is 9.69 Å². The summed E-state index contributed by atoms with van der Waals surface area (Å²) in [4.78, 5) is 19.7. The molecule has 0 bridgehead atoms. The number of aromatic nitrogens is 1. The highest BCUT2D eigenvalue weighted by Crippen LogP contribution is 2.34. The summed E-state index contributed by atoms with van der Waals surface area (Å²) in [6.45, 7) is 5.45. The van der Waals surface area contributed by atoms with Crippen molar-refractivity contribution in [2.45, 2.75) is 45.4 Å². The Bertz CT molecular complexity index is 1150. The molecule has 170 valence electrons. The summed E-state index contributed by atoms with van der Waals surface area (Å²) in [5, 5.41) is 0.607. The fourth-order valence-corrected chi connectivity index (χ4v) is 6.52. The molecule has 0 atom stereocenters. The lowest BCUT2D eigenvalue weighted by molar-refractivity contribution is -0.117. The molecule has 8 heteroatoms. The normalized spacial score (nSPS) is 15.0. The fourth-order valence-electron chi connectivity index (χ4n) is 3.94. The number of rotatable bonds is 8. The Balaban J connectivity index is 1.56. The lowest BCUT2D eigenvalue weighted by Gasteiger charge is -2.21. The standard InChI is InChI=1S/C24H29N3O3S2/c1-18(2)19-11-13-20(14-12-19)27(24-25-21-8-3-4-9-22(21)31-24)23(28)10-7-17-32(29,30)26-15-5-6-16-26/h3-4,8-9,11-14,18H,5-7,10,15-17H2,1-2H3. The van der Waals surface area contributed by atoms with E-state index in [1.807, 2.05) is 48.5 Å². The number of fused-ring (bicyclic) bond motifs is 1. The van der Waals surface area contributed by atoms with Crippen molar-refractivity contribution < 1.29 is 13.2 Å². The molecule has 6 nitrogen and oxygen atoms in total. The minimum absolute atomic E-state index is 0.00128. The molecular weight excluding hydrogens is 442 g/mol. The molecule has 3 aromatic rings. The Morgan fingerprint density at radius 1 is 1.09 bits per heavy atom. The first-order chi connectivity index (χ1) is 15.3. The third-order valence-corrected chi connectivity index (χ3v) is 8.77. The van der Waals surface area contributed by atoms with Gasteiger partial charge in [0.05, 0.1) is 21.7 Å². The highest BCUT2D eigenvalue weighted by atomic mass is 32.2. The van der Waals surface area contributed by atoms with Gasteiger partial charge in [-0.1, -0.05) is 49.4 Å². The van der Waals surface area contributed by atoms with Crippen molar-refractivity contribution in [2.24, 2.45) is 0 Å². The molecule has 4 rings (SSSR count). The topological polar surface area (TPSA) is 70.6 Å². The number of anilines is 2. The number of para-hydroxylation sites is 1. The summed E-state index contributed by atoms with van der Waals surface area (Å²) in [5.41, 5.74) is 2.80. The Morgan fingerprint density at radius 2 is 1.78 bits per heavy atom. The van der Waals surface area contributed by atoms with Crippen LogP contribution in [0.15, 0.2) is 48.5 Å². The van der Waals surface area contributed by atoms with Crippen molar-refractivity contribution in [1.82, 2.24) is 9.29 Å². The summed E-state index contributed by atoms with van der Waals surface area (Å²) in [7, 11) is -3.30. The van der Waals surface area contributed by atoms with E-state index >= 15 is 0 Å². The summed E-state index contributed by atoms with van der Waals surface area (Å²) < 4.78 is 27.6. The quantitative estimate of drug-likeness (QED) is 0.448. The summed E-state index contributed by atoms with van der Waals surface area (Å²) in [6.07, 6.45) is 2.27. The largest absolute Gasteiger partial charge is 0.274 e. The highest BCUT2D eigenvalue weighted by Gasteiger charge is 2.26. The van der Waals surface area contributed by atoms with E-state index in [0.717, 1.165) is 28.7 Å². The van der Waals surface area contributed by atoms with Crippen molar-refractivity contribution in [3.8, 4) is 0 Å². The predicted octanol–water partition coefficient (Wildman–Crippen LogP) is 5.29. The van der Waals surface area contributed by atoms with Crippen LogP contribution < -0.4 is 4.90 Å². The van der Waals surface area contributed by atoms with Crippen LogP contribution in [0.1, 0.15) is 51.0 Å². The third kappa shape index (κ3) is 5.03. The van der Waals surface area contributed by atoms with Crippen LogP contribution in [-0.4, -0.2) is 42.5 Å². The average molecular weight is 472 g/mol. The molecular formula is C24H29N3O3S2. The SMILES string of the molecule is CC(C)c1ccc(N(C(=O)CCCS(=O)(=O)N2CCCC2)c2nc3ccccc3s2)cc1. The van der Waals surface area contributed by atoms with Crippen LogP contribution in [0, 0.1) is 0 Å². The number of sulfonamides is 1. The smallest absolute Gasteiger partial charge is 0.233 e. The van der Waals surface area contributed by atoms with Crippen molar-refractivity contribution in [2.75, 3.05) is 23.7 Å². The van der Waals surface area contributed by atoms with E-state index in [0.29, 0.717) is 30.6 Å². The van der Waals surface area contributed by atoms with E-state index < -0.39 is 10.0 Å². The Morgan fingerprint density at radius 3 is 2.44 bits per heavy atom. The zero-order chi connectivity index (χ0) is 22.7. The van der Waals surface area contributed by atoms with Crippen molar-refractivity contribution in [3.63, 3.8) is 0 Å². The molecule has 0 spiro atoms. The van der Waals surface area contributed by atoms with Gasteiger partial charge in [-0.25, -0.2) is 17.7 Å². The number of benzene rings is 2. The molecule has 1 amide bonds. The maximum Gasteiger partial charge on any atom is 0.233 e. The van der Waals surface area contributed by atoms with Crippen molar-refractivity contribution in [3.05, 3.63) is 54.1 Å². The molecule has 2 aromatic carbocycles. The highest BCUT2D eigenvalue weighted by molar-refractivity contribution is 7.89. The lowest BCUT2D eigenvalue weighted by Crippen LogP contribution is -2.31. The van der Waals surface area contributed by atoms with E-state index in [-0.39, 0.29) is 18.1 Å². The predicted molar refractivity (Wildman–Crippen MR) is 131 cm³/mol. The molecule has 1 aliphatic heterocycles. The summed E-state index contributed by atoms with van der Waals surface area (Å²) >= 11 is 1.47. The molecule has 1 saturated heterocycles. The van der Waals surface area contributed by atoms with E-state index in [2.05, 4.69) is 18.8 Å². The number of thiazole rings is 1. The van der Waals surface area contributed by atoms with Gasteiger partial charge in [0, 0.05) is 19.5 Å². The molecule has 0 N–H and O–H groups in total. The van der Waals surface area contributed by atoms with Gasteiger partial charge in [0.25, 0.3) is 0 Å². The first-order valence-corrected chi connectivity index (χ1v) is 13.5. The van der Waals surface area contributed by atoms with Crippen LogP contribution in [0.2, 0.25) is 0 Å². The molecule has 1 fully saturated rings. The van der Waals surface area contributed by atoms with E-state index in [9.17, 15) is 13.2 Å². The minimum Gasteiger partial charge on any atom is -0.274 e. The Hall–Kier alpha value is -2.29. The van der Waals surface area contributed by atoms with Crippen LogP contribution in [0.4, 0.5) is 10.8 Å². The first kappa shape index (κ1) is 22.9. The lowest BCUT2D eigenvalue weighted by atomic mass is 10.0. The molecule has 0 aliphatic carbocycles. The molecule has 1 aromatic heterocycles. The molecule has 1 aliphatic rings. The second kappa shape index (κ2) is 9.68. The van der Waals surface area contributed by atoms with Crippen LogP contribution in [0.5, 0.6) is 0 Å². The van der Waals surface area contributed by atoms with Crippen LogP contribution >= 0.6 is 11.3 Å². The van der Waals surface area contributed by atoms with Crippen molar-refractivity contribution >= 4 is 48.3 Å². The zero-order valence-corrected chi connectivity index (χ0v) is 20.2. The van der Waals surface area contributed by atoms with E-state index in [4.69, 9.17) is 0 Å². The average Bonchev–Trinajstić information content (AvgIpc) is 3.45. The first-order valence-electron chi connectivity index (χ1n) is 11.1. The Labute approximate surface area is 193 Å². The van der Waals surface area contributed by atoms with Crippen LogP contribution in [0.3, 0.4) is 0 Å². The van der Waals surface area contributed by atoms with Gasteiger partial charge >= 0.3 is 0 Å². The van der Waals surface area contributed by atoms with Gasteiger partial charge in [0.15, 0.2) is 5.13 Å². The van der Waals surface area contributed by atoms with Crippen LogP contribution in [0.25, 0.3) is 10.2 Å². The fraction of sp³-hybridized carbons (Fsp3) is 0.417. The Kier molecular flexibility index (Phi) is 6.93. The molecule has 0 unspecified atom stereocenters. The number of amides is 1. The van der Waals surface area contributed by atoms with Gasteiger partial charge in [0.1, 0.15) is 0 Å². The monoisotopic (exact) mass is 471 g/mol. The maximum atomic E-state index is 13.3. The molecule has 32 heavy (non-hydrogen) atoms. The van der Waals surface area contributed by atoms with Gasteiger partial charge < -0.3 is 0 Å². The molecule has 0 radical (unpaired) electrons. The second-order valence-electron chi connectivity index (χ2n) is 8.47. The number of hydrogen-bond donors (Lipinski definition) is 0. The number of carbonyl (C=O) groups is 1. The molecule has 2 heterocycles. The van der Waals surface area contributed by atoms with Gasteiger partial charge in [-0.05, 0) is 55.0 Å².